The Bertz CT molecular complexity index is 273. The van der Waals surface area contributed by atoms with Crippen molar-refractivity contribution in [2.24, 2.45) is 5.92 Å². The summed E-state index contributed by atoms with van der Waals surface area (Å²) < 4.78 is 7.23. The minimum absolute atomic E-state index is 0.565. The van der Waals surface area contributed by atoms with Crippen LogP contribution >= 0.6 is 0 Å². The van der Waals surface area contributed by atoms with Crippen molar-refractivity contribution in [3.8, 4) is 0 Å². The van der Waals surface area contributed by atoms with Crippen LogP contribution in [0.15, 0.2) is 0 Å². The van der Waals surface area contributed by atoms with Crippen molar-refractivity contribution < 1.29 is 4.74 Å². The standard InChI is InChI=1S/C9H19N5O/c1-8(2)7-15-5-4-14-9(6-10-3)11-12-13-14/h8,10H,4-7H2,1-3H3. The molecule has 0 aromatic carbocycles. The van der Waals surface area contributed by atoms with E-state index in [-0.39, 0.29) is 0 Å². The smallest absolute Gasteiger partial charge is 0.165 e. The molecule has 86 valence electrons. The quantitative estimate of drug-likeness (QED) is 0.649. The second-order valence-electron chi connectivity index (χ2n) is 3.82. The van der Waals surface area contributed by atoms with E-state index in [0.717, 1.165) is 12.4 Å². The minimum Gasteiger partial charge on any atom is -0.379 e. The van der Waals surface area contributed by atoms with E-state index in [2.05, 4.69) is 34.7 Å². The van der Waals surface area contributed by atoms with Crippen LogP contribution in [0, 0.1) is 5.92 Å². The topological polar surface area (TPSA) is 64.9 Å². The lowest BCUT2D eigenvalue weighted by Gasteiger charge is -2.07. The summed E-state index contributed by atoms with van der Waals surface area (Å²) >= 11 is 0. The van der Waals surface area contributed by atoms with Crippen molar-refractivity contribution in [2.75, 3.05) is 20.3 Å². The van der Waals surface area contributed by atoms with Gasteiger partial charge in [0.05, 0.1) is 19.7 Å². The third kappa shape index (κ3) is 4.35. The number of hydrogen-bond acceptors (Lipinski definition) is 5. The van der Waals surface area contributed by atoms with Gasteiger partial charge in [-0.05, 0) is 23.4 Å². The molecule has 0 amide bonds. The molecule has 6 heteroatoms. The van der Waals surface area contributed by atoms with Gasteiger partial charge < -0.3 is 10.1 Å². The number of nitrogens with one attached hydrogen (secondary N) is 1. The number of tetrazole rings is 1. The van der Waals surface area contributed by atoms with Gasteiger partial charge in [-0.2, -0.15) is 0 Å². The zero-order valence-electron chi connectivity index (χ0n) is 9.60. The molecular formula is C9H19N5O. The first kappa shape index (κ1) is 12.1. The highest BCUT2D eigenvalue weighted by Gasteiger charge is 2.04. The monoisotopic (exact) mass is 213 g/mol. The molecular weight excluding hydrogens is 194 g/mol. The molecule has 6 nitrogen and oxygen atoms in total. The fourth-order valence-electron chi connectivity index (χ4n) is 1.15. The Morgan fingerprint density at radius 1 is 1.47 bits per heavy atom. The first-order chi connectivity index (χ1) is 7.24. The molecule has 0 aliphatic heterocycles. The average molecular weight is 213 g/mol. The van der Waals surface area contributed by atoms with E-state index in [1.54, 1.807) is 4.68 Å². The number of hydrogen-bond donors (Lipinski definition) is 1. The second kappa shape index (κ2) is 6.47. The zero-order chi connectivity index (χ0) is 11.1. The van der Waals surface area contributed by atoms with Crippen molar-refractivity contribution in [2.45, 2.75) is 26.9 Å². The Labute approximate surface area is 90.0 Å². The van der Waals surface area contributed by atoms with Crippen LogP contribution in [-0.2, 0) is 17.8 Å². The van der Waals surface area contributed by atoms with Crippen LogP contribution in [0.5, 0.6) is 0 Å². The van der Waals surface area contributed by atoms with Gasteiger partial charge in [0.1, 0.15) is 0 Å². The van der Waals surface area contributed by atoms with Gasteiger partial charge >= 0.3 is 0 Å². The van der Waals surface area contributed by atoms with E-state index in [1.807, 2.05) is 7.05 Å². The molecule has 0 fully saturated rings. The maximum Gasteiger partial charge on any atom is 0.165 e. The molecule has 15 heavy (non-hydrogen) atoms. The van der Waals surface area contributed by atoms with Gasteiger partial charge in [-0.25, -0.2) is 4.68 Å². The number of nitrogens with zero attached hydrogens (tertiary/aromatic N) is 4. The van der Waals surface area contributed by atoms with E-state index in [0.29, 0.717) is 25.6 Å². The maximum atomic E-state index is 5.46. The zero-order valence-corrected chi connectivity index (χ0v) is 9.60. The van der Waals surface area contributed by atoms with Crippen LogP contribution in [0.4, 0.5) is 0 Å². The molecule has 0 spiro atoms. The van der Waals surface area contributed by atoms with Crippen molar-refractivity contribution in [3.05, 3.63) is 5.82 Å². The highest BCUT2D eigenvalue weighted by molar-refractivity contribution is 4.78. The van der Waals surface area contributed by atoms with Gasteiger partial charge in [-0.1, -0.05) is 13.8 Å². The van der Waals surface area contributed by atoms with Gasteiger partial charge in [-0.3, -0.25) is 0 Å². The first-order valence-electron chi connectivity index (χ1n) is 5.21. The summed E-state index contributed by atoms with van der Waals surface area (Å²) in [5.41, 5.74) is 0. The Morgan fingerprint density at radius 3 is 2.93 bits per heavy atom. The molecule has 0 bridgehead atoms. The molecule has 1 heterocycles. The molecule has 0 aliphatic carbocycles. The highest BCUT2D eigenvalue weighted by atomic mass is 16.5. The summed E-state index contributed by atoms with van der Waals surface area (Å²) in [6.07, 6.45) is 0. The summed E-state index contributed by atoms with van der Waals surface area (Å²) in [6.45, 7) is 7.07. The summed E-state index contributed by atoms with van der Waals surface area (Å²) in [6, 6.07) is 0. The van der Waals surface area contributed by atoms with Crippen molar-refractivity contribution in [1.82, 2.24) is 25.5 Å². The average Bonchev–Trinajstić information content (AvgIpc) is 2.61. The Morgan fingerprint density at radius 2 is 2.27 bits per heavy atom. The summed E-state index contributed by atoms with van der Waals surface area (Å²) in [7, 11) is 1.87. The Kier molecular flexibility index (Phi) is 5.20. The molecule has 0 radical (unpaired) electrons. The Hall–Kier alpha value is -1.01. The molecule has 0 atom stereocenters. The number of ether oxygens (including phenoxy) is 1. The van der Waals surface area contributed by atoms with Crippen molar-refractivity contribution >= 4 is 0 Å². The van der Waals surface area contributed by atoms with E-state index < -0.39 is 0 Å². The van der Waals surface area contributed by atoms with Crippen molar-refractivity contribution in [1.29, 1.82) is 0 Å². The summed E-state index contributed by atoms with van der Waals surface area (Å²) in [4.78, 5) is 0. The van der Waals surface area contributed by atoms with Crippen LogP contribution < -0.4 is 5.32 Å². The largest absolute Gasteiger partial charge is 0.379 e. The fraction of sp³-hybridized carbons (Fsp3) is 0.889. The van der Waals surface area contributed by atoms with E-state index >= 15 is 0 Å². The maximum absolute atomic E-state index is 5.46. The van der Waals surface area contributed by atoms with Crippen LogP contribution in [-0.4, -0.2) is 40.5 Å². The van der Waals surface area contributed by atoms with Gasteiger partial charge in [0, 0.05) is 6.61 Å². The van der Waals surface area contributed by atoms with Crippen LogP contribution in [0.25, 0.3) is 0 Å². The lowest BCUT2D eigenvalue weighted by molar-refractivity contribution is 0.0999. The van der Waals surface area contributed by atoms with Gasteiger partial charge in [-0.15, -0.1) is 5.10 Å². The molecule has 0 unspecified atom stereocenters. The summed E-state index contributed by atoms with van der Waals surface area (Å²) in [5.74, 6) is 1.40. The van der Waals surface area contributed by atoms with Gasteiger partial charge in [0.15, 0.2) is 5.82 Å². The minimum atomic E-state index is 0.565. The molecule has 0 saturated heterocycles. The molecule has 1 aromatic heterocycles. The molecule has 1 N–H and O–H groups in total. The fourth-order valence-corrected chi connectivity index (χ4v) is 1.15. The lowest BCUT2D eigenvalue weighted by Crippen LogP contribution is -2.16. The van der Waals surface area contributed by atoms with Gasteiger partial charge in [0.25, 0.3) is 0 Å². The van der Waals surface area contributed by atoms with Crippen LogP contribution in [0.1, 0.15) is 19.7 Å². The van der Waals surface area contributed by atoms with E-state index in [9.17, 15) is 0 Å². The van der Waals surface area contributed by atoms with E-state index in [4.69, 9.17) is 4.74 Å². The highest BCUT2D eigenvalue weighted by Crippen LogP contribution is 1.95. The number of aromatic nitrogens is 4. The van der Waals surface area contributed by atoms with Crippen LogP contribution in [0.2, 0.25) is 0 Å². The second-order valence-corrected chi connectivity index (χ2v) is 3.82. The predicted molar refractivity (Wildman–Crippen MR) is 56.2 cm³/mol. The molecule has 1 rings (SSSR count). The first-order valence-corrected chi connectivity index (χ1v) is 5.21. The predicted octanol–water partition coefficient (Wildman–Crippen LogP) is 0.0651. The SMILES string of the molecule is CNCc1nnnn1CCOCC(C)C. The van der Waals surface area contributed by atoms with E-state index in [1.165, 1.54) is 0 Å². The molecule has 1 aromatic rings. The summed E-state index contributed by atoms with van der Waals surface area (Å²) in [5, 5.41) is 14.4. The normalized spacial score (nSPS) is 11.2. The third-order valence-corrected chi connectivity index (χ3v) is 1.84. The third-order valence-electron chi connectivity index (χ3n) is 1.84. The Balaban J connectivity index is 2.27. The molecule has 0 aliphatic rings. The molecule has 0 saturated carbocycles. The van der Waals surface area contributed by atoms with Gasteiger partial charge in [0.2, 0.25) is 0 Å². The van der Waals surface area contributed by atoms with Crippen LogP contribution in [0.3, 0.4) is 0 Å². The number of rotatable bonds is 7. The van der Waals surface area contributed by atoms with Crippen molar-refractivity contribution in [3.63, 3.8) is 0 Å². The lowest BCUT2D eigenvalue weighted by atomic mass is 10.2.